The standard InChI is InChI=1S/C21H24N4O4/c1-12(19(22)17-3-2-8-29-17)23-10-13-4-5-14-11-25(21(28)15(14)9-13)16-6-7-18(26)24-20(16)27/h2-5,8-9,12,16,19,23H,6-7,10-11,22H2,1H3,(H,24,26,27). The summed E-state index contributed by atoms with van der Waals surface area (Å²) in [4.78, 5) is 37.9. The molecule has 3 unspecified atom stereocenters. The second-order valence-electron chi connectivity index (χ2n) is 7.60. The van der Waals surface area contributed by atoms with Crippen LogP contribution in [-0.2, 0) is 22.7 Å². The van der Waals surface area contributed by atoms with E-state index in [1.54, 1.807) is 11.2 Å². The first kappa shape index (κ1) is 19.4. The van der Waals surface area contributed by atoms with Crippen molar-refractivity contribution >= 4 is 17.7 Å². The normalized spacial score (nSPS) is 21.1. The Kier molecular flexibility index (Phi) is 5.21. The maximum atomic E-state index is 12.9. The molecular weight excluding hydrogens is 372 g/mol. The zero-order valence-electron chi connectivity index (χ0n) is 16.2. The third-order valence-corrected chi connectivity index (χ3v) is 5.63. The van der Waals surface area contributed by atoms with Gasteiger partial charge in [-0.05, 0) is 42.7 Å². The van der Waals surface area contributed by atoms with Gasteiger partial charge in [-0.2, -0.15) is 0 Å². The molecule has 8 heteroatoms. The van der Waals surface area contributed by atoms with E-state index in [0.29, 0.717) is 30.8 Å². The van der Waals surface area contributed by atoms with Crippen molar-refractivity contribution in [2.45, 2.75) is 51.0 Å². The van der Waals surface area contributed by atoms with Gasteiger partial charge in [0.15, 0.2) is 0 Å². The largest absolute Gasteiger partial charge is 0.468 e. The number of carbonyl (C=O) groups excluding carboxylic acids is 3. The third kappa shape index (κ3) is 3.81. The van der Waals surface area contributed by atoms with Crippen LogP contribution in [0.1, 0.15) is 53.1 Å². The number of rotatable bonds is 6. The lowest BCUT2D eigenvalue weighted by atomic mass is 10.0. The molecule has 3 heterocycles. The number of fused-ring (bicyclic) bond motifs is 1. The number of nitrogens with zero attached hydrogens (tertiary/aromatic N) is 1. The number of nitrogens with two attached hydrogens (primary N) is 1. The second kappa shape index (κ2) is 7.81. The molecule has 0 spiro atoms. The lowest BCUT2D eigenvalue weighted by Crippen LogP contribution is -2.52. The predicted molar refractivity (Wildman–Crippen MR) is 104 cm³/mol. The first-order valence-electron chi connectivity index (χ1n) is 9.73. The van der Waals surface area contributed by atoms with E-state index in [0.717, 1.165) is 11.1 Å². The van der Waals surface area contributed by atoms with Crippen molar-refractivity contribution in [3.05, 3.63) is 59.0 Å². The van der Waals surface area contributed by atoms with Crippen molar-refractivity contribution in [1.82, 2.24) is 15.5 Å². The molecule has 3 amide bonds. The fraction of sp³-hybridized carbons (Fsp3) is 0.381. The maximum Gasteiger partial charge on any atom is 0.255 e. The zero-order valence-corrected chi connectivity index (χ0v) is 16.2. The van der Waals surface area contributed by atoms with E-state index in [-0.39, 0.29) is 30.3 Å². The molecule has 2 aromatic rings. The minimum absolute atomic E-state index is 0.0231. The summed E-state index contributed by atoms with van der Waals surface area (Å²) in [6, 6.07) is 8.52. The Morgan fingerprint density at radius 2 is 2.14 bits per heavy atom. The molecule has 2 aliphatic heterocycles. The lowest BCUT2D eigenvalue weighted by molar-refractivity contribution is -0.136. The Hall–Kier alpha value is -2.97. The van der Waals surface area contributed by atoms with Crippen molar-refractivity contribution in [2.24, 2.45) is 5.73 Å². The number of nitrogens with one attached hydrogen (secondary N) is 2. The molecular formula is C21H24N4O4. The van der Waals surface area contributed by atoms with Gasteiger partial charge in [0.2, 0.25) is 11.8 Å². The first-order valence-corrected chi connectivity index (χ1v) is 9.73. The molecule has 0 aliphatic carbocycles. The summed E-state index contributed by atoms with van der Waals surface area (Å²) in [7, 11) is 0. The molecule has 1 saturated heterocycles. The molecule has 152 valence electrons. The number of imide groups is 1. The Labute approximate surface area is 168 Å². The van der Waals surface area contributed by atoms with Crippen LogP contribution in [0.5, 0.6) is 0 Å². The smallest absolute Gasteiger partial charge is 0.255 e. The number of piperidine rings is 1. The van der Waals surface area contributed by atoms with E-state index in [1.165, 1.54) is 0 Å². The average Bonchev–Trinajstić information content (AvgIpc) is 3.34. The van der Waals surface area contributed by atoms with Gasteiger partial charge in [0.05, 0.1) is 12.3 Å². The molecule has 2 aliphatic rings. The number of carbonyl (C=O) groups is 3. The molecule has 0 radical (unpaired) electrons. The summed E-state index contributed by atoms with van der Waals surface area (Å²) in [5, 5.41) is 5.69. The SMILES string of the molecule is CC(NCc1ccc2c(c1)C(=O)N(C1CCC(=O)NC1=O)C2)C(N)c1ccco1. The van der Waals surface area contributed by atoms with E-state index in [9.17, 15) is 14.4 Å². The summed E-state index contributed by atoms with van der Waals surface area (Å²) in [6.07, 6.45) is 2.21. The van der Waals surface area contributed by atoms with Crippen LogP contribution >= 0.6 is 0 Å². The van der Waals surface area contributed by atoms with Crippen molar-refractivity contribution in [1.29, 1.82) is 0 Å². The van der Waals surface area contributed by atoms with Crippen LogP contribution < -0.4 is 16.4 Å². The van der Waals surface area contributed by atoms with Crippen LogP contribution in [0.3, 0.4) is 0 Å². The lowest BCUT2D eigenvalue weighted by Gasteiger charge is -2.29. The molecule has 1 fully saturated rings. The monoisotopic (exact) mass is 396 g/mol. The fourth-order valence-corrected chi connectivity index (χ4v) is 3.84. The van der Waals surface area contributed by atoms with Crippen LogP contribution in [0.2, 0.25) is 0 Å². The Morgan fingerprint density at radius 1 is 1.31 bits per heavy atom. The minimum Gasteiger partial charge on any atom is -0.468 e. The molecule has 8 nitrogen and oxygen atoms in total. The summed E-state index contributed by atoms with van der Waals surface area (Å²) < 4.78 is 5.36. The predicted octanol–water partition coefficient (Wildman–Crippen LogP) is 1.22. The van der Waals surface area contributed by atoms with Gasteiger partial charge in [-0.1, -0.05) is 12.1 Å². The Balaban J connectivity index is 1.41. The van der Waals surface area contributed by atoms with E-state index >= 15 is 0 Å². The number of amides is 3. The van der Waals surface area contributed by atoms with E-state index < -0.39 is 11.9 Å². The highest BCUT2D eigenvalue weighted by Gasteiger charge is 2.39. The number of hydrogen-bond donors (Lipinski definition) is 3. The first-order chi connectivity index (χ1) is 13.9. The average molecular weight is 396 g/mol. The summed E-state index contributed by atoms with van der Waals surface area (Å²) in [5.74, 6) is -0.138. The van der Waals surface area contributed by atoms with E-state index in [4.69, 9.17) is 10.2 Å². The molecule has 4 N–H and O–H groups in total. The minimum atomic E-state index is -0.597. The molecule has 1 aromatic carbocycles. The van der Waals surface area contributed by atoms with Gasteiger partial charge in [0.1, 0.15) is 11.8 Å². The molecule has 4 rings (SSSR count). The van der Waals surface area contributed by atoms with Crippen LogP contribution in [0, 0.1) is 0 Å². The maximum absolute atomic E-state index is 12.9. The number of furan rings is 1. The fourth-order valence-electron chi connectivity index (χ4n) is 3.84. The number of benzene rings is 1. The topological polar surface area (TPSA) is 118 Å². The van der Waals surface area contributed by atoms with Crippen molar-refractivity contribution in [3.8, 4) is 0 Å². The summed E-state index contributed by atoms with van der Waals surface area (Å²) >= 11 is 0. The molecule has 1 aromatic heterocycles. The van der Waals surface area contributed by atoms with Gasteiger partial charge in [-0.25, -0.2) is 0 Å². The van der Waals surface area contributed by atoms with Crippen LogP contribution in [0.25, 0.3) is 0 Å². The molecule has 0 saturated carbocycles. The number of hydrogen-bond acceptors (Lipinski definition) is 6. The highest BCUT2D eigenvalue weighted by molar-refractivity contribution is 6.05. The zero-order chi connectivity index (χ0) is 20.5. The van der Waals surface area contributed by atoms with Gasteiger partial charge >= 0.3 is 0 Å². The van der Waals surface area contributed by atoms with Crippen molar-refractivity contribution in [2.75, 3.05) is 0 Å². The molecule has 29 heavy (non-hydrogen) atoms. The van der Waals surface area contributed by atoms with Crippen LogP contribution in [0.4, 0.5) is 0 Å². The van der Waals surface area contributed by atoms with Crippen molar-refractivity contribution in [3.63, 3.8) is 0 Å². The highest BCUT2D eigenvalue weighted by atomic mass is 16.3. The summed E-state index contributed by atoms with van der Waals surface area (Å²) in [5.41, 5.74) is 8.66. The quantitative estimate of drug-likeness (QED) is 0.632. The van der Waals surface area contributed by atoms with Gasteiger partial charge in [-0.3, -0.25) is 19.7 Å². The van der Waals surface area contributed by atoms with Gasteiger partial charge in [0.25, 0.3) is 5.91 Å². The third-order valence-electron chi connectivity index (χ3n) is 5.63. The van der Waals surface area contributed by atoms with Crippen LogP contribution in [-0.4, -0.2) is 34.7 Å². The van der Waals surface area contributed by atoms with Gasteiger partial charge < -0.3 is 20.4 Å². The van der Waals surface area contributed by atoms with Crippen molar-refractivity contribution < 1.29 is 18.8 Å². The molecule has 0 bridgehead atoms. The van der Waals surface area contributed by atoms with Gasteiger partial charge in [-0.15, -0.1) is 0 Å². The summed E-state index contributed by atoms with van der Waals surface area (Å²) in [6.45, 7) is 2.92. The van der Waals surface area contributed by atoms with Crippen LogP contribution in [0.15, 0.2) is 41.0 Å². The Morgan fingerprint density at radius 3 is 2.86 bits per heavy atom. The second-order valence-corrected chi connectivity index (χ2v) is 7.60. The Bertz CT molecular complexity index is 940. The highest BCUT2D eigenvalue weighted by Crippen LogP contribution is 2.28. The van der Waals surface area contributed by atoms with Gasteiger partial charge in [0, 0.05) is 31.1 Å². The molecule has 3 atom stereocenters. The van der Waals surface area contributed by atoms with E-state index in [1.807, 2.05) is 37.3 Å². The van der Waals surface area contributed by atoms with E-state index in [2.05, 4.69) is 10.6 Å².